The SMILES string of the molecule is COC(=O)c1sc2ccc(OC(C)=O)c3c2c1-c1cccc(O)c1C3=O. The van der Waals surface area contributed by atoms with Crippen molar-refractivity contribution in [3.05, 3.63) is 46.3 Å². The molecule has 26 heavy (non-hydrogen) atoms. The van der Waals surface area contributed by atoms with E-state index in [9.17, 15) is 19.5 Å². The number of hydrogen-bond donors (Lipinski definition) is 1. The number of phenols is 1. The maximum absolute atomic E-state index is 13.1. The summed E-state index contributed by atoms with van der Waals surface area (Å²) in [7, 11) is 1.28. The third kappa shape index (κ3) is 2.14. The molecule has 6 nitrogen and oxygen atoms in total. The minimum Gasteiger partial charge on any atom is -0.507 e. The highest BCUT2D eigenvalue weighted by Gasteiger charge is 2.35. The molecule has 0 radical (unpaired) electrons. The molecule has 1 aromatic heterocycles. The molecular weight excluding hydrogens is 356 g/mol. The van der Waals surface area contributed by atoms with Crippen LogP contribution in [-0.2, 0) is 9.53 Å². The molecule has 0 atom stereocenters. The van der Waals surface area contributed by atoms with Crippen molar-refractivity contribution in [1.82, 2.24) is 0 Å². The molecule has 1 heterocycles. The average Bonchev–Trinajstić information content (AvgIpc) is 2.99. The first-order valence-corrected chi connectivity index (χ1v) is 8.49. The molecule has 0 spiro atoms. The number of ketones is 1. The highest BCUT2D eigenvalue weighted by molar-refractivity contribution is 7.21. The fourth-order valence-corrected chi connectivity index (χ4v) is 4.39. The van der Waals surface area contributed by atoms with E-state index in [1.165, 1.54) is 37.5 Å². The number of hydrogen-bond acceptors (Lipinski definition) is 7. The Morgan fingerprint density at radius 1 is 1.08 bits per heavy atom. The third-order valence-electron chi connectivity index (χ3n) is 4.21. The zero-order valence-corrected chi connectivity index (χ0v) is 14.6. The average molecular weight is 368 g/mol. The lowest BCUT2D eigenvalue weighted by atomic mass is 9.83. The first kappa shape index (κ1) is 16.3. The van der Waals surface area contributed by atoms with Crippen LogP contribution in [0.5, 0.6) is 11.5 Å². The minimum absolute atomic E-state index is 0.0736. The number of ether oxygens (including phenoxy) is 2. The molecule has 0 aliphatic heterocycles. The van der Waals surface area contributed by atoms with E-state index in [0.717, 1.165) is 0 Å². The summed E-state index contributed by atoms with van der Waals surface area (Å²) in [4.78, 5) is 37.2. The summed E-state index contributed by atoms with van der Waals surface area (Å²) in [6.07, 6.45) is 0. The molecule has 1 aliphatic carbocycles. The molecule has 7 heteroatoms. The van der Waals surface area contributed by atoms with Gasteiger partial charge in [0.2, 0.25) is 5.78 Å². The van der Waals surface area contributed by atoms with E-state index in [-0.39, 0.29) is 22.6 Å². The quantitative estimate of drug-likeness (QED) is 0.430. The molecule has 130 valence electrons. The van der Waals surface area contributed by atoms with Crippen LogP contribution in [0.2, 0.25) is 0 Å². The summed E-state index contributed by atoms with van der Waals surface area (Å²) in [5.41, 5.74) is 1.19. The lowest BCUT2D eigenvalue weighted by Gasteiger charge is -2.19. The van der Waals surface area contributed by atoms with Gasteiger partial charge in [0.05, 0.1) is 18.2 Å². The Morgan fingerprint density at radius 2 is 1.85 bits per heavy atom. The number of benzene rings is 2. The molecule has 0 unspecified atom stereocenters. The first-order chi connectivity index (χ1) is 12.4. The molecule has 0 saturated carbocycles. The monoisotopic (exact) mass is 368 g/mol. The highest BCUT2D eigenvalue weighted by Crippen LogP contribution is 2.50. The maximum atomic E-state index is 13.1. The second kappa shape index (κ2) is 5.67. The molecule has 1 aliphatic rings. The zero-order chi connectivity index (χ0) is 18.6. The largest absolute Gasteiger partial charge is 0.507 e. The summed E-state index contributed by atoms with van der Waals surface area (Å²) < 4.78 is 10.8. The van der Waals surface area contributed by atoms with Gasteiger partial charge in [-0.3, -0.25) is 9.59 Å². The Morgan fingerprint density at radius 3 is 2.54 bits per heavy atom. The van der Waals surface area contributed by atoms with E-state index in [2.05, 4.69) is 0 Å². The van der Waals surface area contributed by atoms with Gasteiger partial charge in [0.1, 0.15) is 16.4 Å². The van der Waals surface area contributed by atoms with Gasteiger partial charge < -0.3 is 14.6 Å². The van der Waals surface area contributed by atoms with Crippen LogP contribution in [0.3, 0.4) is 0 Å². The van der Waals surface area contributed by atoms with Crippen molar-refractivity contribution in [3.8, 4) is 22.6 Å². The van der Waals surface area contributed by atoms with Gasteiger partial charge in [-0.2, -0.15) is 0 Å². The molecule has 1 N–H and O–H groups in total. The van der Waals surface area contributed by atoms with Crippen LogP contribution >= 0.6 is 11.3 Å². The molecule has 0 saturated heterocycles. The second-order valence-corrected chi connectivity index (χ2v) is 6.78. The Balaban J connectivity index is 2.19. The van der Waals surface area contributed by atoms with Gasteiger partial charge in [-0.05, 0) is 23.8 Å². The fourth-order valence-electron chi connectivity index (χ4n) is 3.24. The Hall–Kier alpha value is -3.19. The van der Waals surface area contributed by atoms with E-state index < -0.39 is 17.7 Å². The lowest BCUT2D eigenvalue weighted by Crippen LogP contribution is -2.14. The summed E-state index contributed by atoms with van der Waals surface area (Å²) >= 11 is 1.19. The number of methoxy groups -OCH3 is 1. The molecular formula is C19H12O6S. The predicted molar refractivity (Wildman–Crippen MR) is 95.0 cm³/mol. The number of carbonyl (C=O) groups excluding carboxylic acids is 3. The van der Waals surface area contributed by atoms with Gasteiger partial charge in [0.15, 0.2) is 0 Å². The Kier molecular flexibility index (Phi) is 3.55. The molecule has 4 rings (SSSR count). The first-order valence-electron chi connectivity index (χ1n) is 7.67. The van der Waals surface area contributed by atoms with Gasteiger partial charge in [0, 0.05) is 22.6 Å². The van der Waals surface area contributed by atoms with Crippen LogP contribution in [-0.4, -0.2) is 29.9 Å². The number of esters is 2. The summed E-state index contributed by atoms with van der Waals surface area (Å²) in [5, 5.41) is 10.8. The minimum atomic E-state index is -0.568. The van der Waals surface area contributed by atoms with Crippen LogP contribution in [0.1, 0.15) is 32.5 Å². The normalized spacial score (nSPS) is 12.0. The smallest absolute Gasteiger partial charge is 0.348 e. The van der Waals surface area contributed by atoms with Crippen LogP contribution in [0.4, 0.5) is 0 Å². The van der Waals surface area contributed by atoms with Gasteiger partial charge in [-0.25, -0.2) is 4.79 Å². The van der Waals surface area contributed by atoms with E-state index in [0.29, 0.717) is 26.1 Å². The van der Waals surface area contributed by atoms with Crippen LogP contribution in [0.15, 0.2) is 30.3 Å². The van der Waals surface area contributed by atoms with Crippen molar-refractivity contribution < 1.29 is 29.0 Å². The van der Waals surface area contributed by atoms with E-state index in [1.807, 2.05) is 0 Å². The number of aromatic hydroxyl groups is 1. The summed E-state index contributed by atoms with van der Waals surface area (Å²) in [6, 6.07) is 7.88. The Bertz CT molecular complexity index is 1120. The highest BCUT2D eigenvalue weighted by atomic mass is 32.1. The van der Waals surface area contributed by atoms with Gasteiger partial charge in [-0.15, -0.1) is 11.3 Å². The van der Waals surface area contributed by atoms with Crippen molar-refractivity contribution in [2.24, 2.45) is 0 Å². The standard InChI is InChI=1S/C19H12O6S/c1-8(20)25-11-6-7-12-16-14(18(26-12)19(23)24-2)9-4-3-5-10(21)13(9)17(22)15(11)16/h3-7,21H,1-2H3. The number of phenolic OH excluding ortho intramolecular Hbond substituents is 1. The van der Waals surface area contributed by atoms with Gasteiger partial charge >= 0.3 is 11.9 Å². The fraction of sp³-hybridized carbons (Fsp3) is 0.105. The van der Waals surface area contributed by atoms with Gasteiger partial charge in [0.25, 0.3) is 0 Å². The molecule has 3 aromatic rings. The Labute approximate surface area is 151 Å². The molecule has 2 aromatic carbocycles. The molecule has 0 amide bonds. The van der Waals surface area contributed by atoms with Gasteiger partial charge in [-0.1, -0.05) is 12.1 Å². The van der Waals surface area contributed by atoms with Crippen molar-refractivity contribution in [2.45, 2.75) is 6.92 Å². The van der Waals surface area contributed by atoms with Crippen molar-refractivity contribution in [1.29, 1.82) is 0 Å². The van der Waals surface area contributed by atoms with Crippen LogP contribution < -0.4 is 4.74 Å². The third-order valence-corrected chi connectivity index (χ3v) is 5.34. The zero-order valence-electron chi connectivity index (χ0n) is 13.8. The van der Waals surface area contributed by atoms with Crippen LogP contribution in [0.25, 0.3) is 21.2 Å². The van der Waals surface area contributed by atoms with Crippen molar-refractivity contribution in [3.63, 3.8) is 0 Å². The number of rotatable bonds is 2. The number of thiophene rings is 1. The lowest BCUT2D eigenvalue weighted by molar-refractivity contribution is -0.131. The molecule has 0 bridgehead atoms. The number of carbonyl (C=O) groups is 3. The van der Waals surface area contributed by atoms with Crippen molar-refractivity contribution in [2.75, 3.05) is 7.11 Å². The summed E-state index contributed by atoms with van der Waals surface area (Å²) in [5.74, 6) is -1.67. The van der Waals surface area contributed by atoms with E-state index in [4.69, 9.17) is 9.47 Å². The number of fused-ring (bicyclic) bond motifs is 2. The van der Waals surface area contributed by atoms with E-state index >= 15 is 0 Å². The van der Waals surface area contributed by atoms with Crippen LogP contribution in [0, 0.1) is 0 Å². The summed E-state index contributed by atoms with van der Waals surface area (Å²) in [6.45, 7) is 1.24. The van der Waals surface area contributed by atoms with E-state index in [1.54, 1.807) is 18.2 Å². The maximum Gasteiger partial charge on any atom is 0.348 e. The topological polar surface area (TPSA) is 89.9 Å². The van der Waals surface area contributed by atoms with Crippen molar-refractivity contribution >= 4 is 39.1 Å². The predicted octanol–water partition coefficient (Wildman–Crippen LogP) is 3.53. The molecule has 0 fully saturated rings. The second-order valence-electron chi connectivity index (χ2n) is 5.73.